The SMILES string of the molecule is O=C1CCC2c3cc(-c4ccc(C(F)(F)F)cc4)oc3CCN12. The molecule has 2 aliphatic rings. The highest BCUT2D eigenvalue weighted by Crippen LogP contribution is 2.41. The van der Waals surface area contributed by atoms with Crippen molar-refractivity contribution in [1.29, 1.82) is 0 Å². The number of rotatable bonds is 1. The van der Waals surface area contributed by atoms with Crippen LogP contribution in [0.5, 0.6) is 0 Å². The van der Waals surface area contributed by atoms with E-state index in [4.69, 9.17) is 4.42 Å². The summed E-state index contributed by atoms with van der Waals surface area (Å²) in [5.41, 5.74) is 0.936. The van der Waals surface area contributed by atoms with E-state index in [1.807, 2.05) is 11.0 Å². The number of halogens is 3. The van der Waals surface area contributed by atoms with E-state index in [9.17, 15) is 18.0 Å². The van der Waals surface area contributed by atoms with Crippen LogP contribution in [0.2, 0.25) is 0 Å². The molecule has 1 aromatic heterocycles. The van der Waals surface area contributed by atoms with Crippen molar-refractivity contribution in [3.8, 4) is 11.3 Å². The van der Waals surface area contributed by atoms with Crippen LogP contribution in [0.25, 0.3) is 11.3 Å². The molecule has 0 bridgehead atoms. The third-order valence-electron chi connectivity index (χ3n) is 4.61. The Hall–Kier alpha value is -2.24. The van der Waals surface area contributed by atoms with Crippen LogP contribution in [-0.4, -0.2) is 17.4 Å². The van der Waals surface area contributed by atoms with Gasteiger partial charge in [-0.1, -0.05) is 12.1 Å². The fraction of sp³-hybridized carbons (Fsp3) is 0.353. The van der Waals surface area contributed by atoms with Gasteiger partial charge in [-0.2, -0.15) is 13.2 Å². The second-order valence-corrected chi connectivity index (χ2v) is 5.96. The van der Waals surface area contributed by atoms with Crippen LogP contribution >= 0.6 is 0 Å². The van der Waals surface area contributed by atoms with Crippen LogP contribution in [0.1, 0.15) is 35.8 Å². The Morgan fingerprint density at radius 3 is 2.57 bits per heavy atom. The Bertz CT molecular complexity index is 761. The van der Waals surface area contributed by atoms with Gasteiger partial charge < -0.3 is 9.32 Å². The lowest BCUT2D eigenvalue weighted by molar-refractivity contribution is -0.137. The highest BCUT2D eigenvalue weighted by molar-refractivity contribution is 5.79. The van der Waals surface area contributed by atoms with Crippen molar-refractivity contribution in [2.24, 2.45) is 0 Å². The summed E-state index contributed by atoms with van der Waals surface area (Å²) < 4.78 is 43.7. The Balaban J connectivity index is 1.67. The predicted octanol–water partition coefficient (Wildman–Crippen LogP) is 4.19. The smallest absolute Gasteiger partial charge is 0.416 e. The number of alkyl halides is 3. The molecular weight excluding hydrogens is 307 g/mol. The Kier molecular flexibility index (Phi) is 3.04. The maximum atomic E-state index is 12.6. The number of benzene rings is 1. The minimum atomic E-state index is -4.34. The van der Waals surface area contributed by atoms with Gasteiger partial charge in [-0.15, -0.1) is 0 Å². The monoisotopic (exact) mass is 321 g/mol. The molecule has 1 amide bonds. The van der Waals surface area contributed by atoms with Crippen LogP contribution in [0.4, 0.5) is 13.2 Å². The first-order valence-electron chi connectivity index (χ1n) is 7.53. The van der Waals surface area contributed by atoms with Gasteiger partial charge in [0.2, 0.25) is 5.91 Å². The van der Waals surface area contributed by atoms with E-state index in [2.05, 4.69) is 0 Å². The minimum absolute atomic E-state index is 0.0539. The number of hydrogen-bond donors (Lipinski definition) is 0. The van der Waals surface area contributed by atoms with Gasteiger partial charge in [-0.05, 0) is 24.6 Å². The fourth-order valence-corrected chi connectivity index (χ4v) is 3.45. The summed E-state index contributed by atoms with van der Waals surface area (Å²) in [6, 6.07) is 6.88. The van der Waals surface area contributed by atoms with Crippen LogP contribution in [0.15, 0.2) is 34.7 Å². The van der Waals surface area contributed by atoms with E-state index in [-0.39, 0.29) is 11.9 Å². The van der Waals surface area contributed by atoms with Crippen LogP contribution in [0, 0.1) is 0 Å². The third kappa shape index (κ3) is 2.33. The number of nitrogens with zero attached hydrogens (tertiary/aromatic N) is 1. The standard InChI is InChI=1S/C17H14F3NO2/c18-17(19,20)11-3-1-10(2-4-11)15-9-12-13-5-6-16(22)21(13)8-7-14(12)23-15/h1-4,9,13H,5-8H2. The Labute approximate surface area is 130 Å². The molecule has 1 unspecified atom stereocenters. The molecule has 6 heteroatoms. The second kappa shape index (κ2) is 4.88. The lowest BCUT2D eigenvalue weighted by Gasteiger charge is -2.28. The number of amides is 1. The molecule has 0 aliphatic carbocycles. The van der Waals surface area contributed by atoms with Gasteiger partial charge in [0.25, 0.3) is 0 Å². The molecule has 0 radical (unpaired) electrons. The molecule has 4 rings (SSSR count). The quantitative estimate of drug-likeness (QED) is 0.789. The summed E-state index contributed by atoms with van der Waals surface area (Å²) in [5, 5.41) is 0. The molecule has 0 spiro atoms. The zero-order valence-electron chi connectivity index (χ0n) is 12.2. The molecule has 1 aromatic carbocycles. The highest BCUT2D eigenvalue weighted by Gasteiger charge is 2.38. The summed E-state index contributed by atoms with van der Waals surface area (Å²) in [6.45, 7) is 0.649. The van der Waals surface area contributed by atoms with Crippen molar-refractivity contribution in [3.05, 3.63) is 47.2 Å². The van der Waals surface area contributed by atoms with Gasteiger partial charge in [-0.25, -0.2) is 0 Å². The summed E-state index contributed by atoms with van der Waals surface area (Å²) in [6.07, 6.45) is -2.37. The molecule has 3 heterocycles. The molecule has 1 atom stereocenters. The van der Waals surface area contributed by atoms with Crippen molar-refractivity contribution in [2.75, 3.05) is 6.54 Å². The van der Waals surface area contributed by atoms with Crippen molar-refractivity contribution < 1.29 is 22.4 Å². The number of carbonyl (C=O) groups excluding carboxylic acids is 1. The van der Waals surface area contributed by atoms with E-state index >= 15 is 0 Å². The highest BCUT2D eigenvalue weighted by atomic mass is 19.4. The molecule has 3 nitrogen and oxygen atoms in total. The summed E-state index contributed by atoms with van der Waals surface area (Å²) >= 11 is 0. The lowest BCUT2D eigenvalue weighted by atomic mass is 9.99. The summed E-state index contributed by atoms with van der Waals surface area (Å²) in [7, 11) is 0. The average molecular weight is 321 g/mol. The first kappa shape index (κ1) is 14.4. The van der Waals surface area contributed by atoms with E-state index in [0.717, 1.165) is 29.9 Å². The van der Waals surface area contributed by atoms with Crippen molar-refractivity contribution in [1.82, 2.24) is 4.90 Å². The molecule has 0 saturated carbocycles. The Morgan fingerprint density at radius 2 is 1.87 bits per heavy atom. The molecule has 1 saturated heterocycles. The fourth-order valence-electron chi connectivity index (χ4n) is 3.45. The number of fused-ring (bicyclic) bond motifs is 3. The molecule has 0 N–H and O–H groups in total. The minimum Gasteiger partial charge on any atom is -0.461 e. The summed E-state index contributed by atoms with van der Waals surface area (Å²) in [5.74, 6) is 1.57. The van der Waals surface area contributed by atoms with Gasteiger partial charge in [0.05, 0.1) is 11.6 Å². The van der Waals surface area contributed by atoms with E-state index in [1.54, 1.807) is 0 Å². The van der Waals surface area contributed by atoms with Crippen LogP contribution in [0.3, 0.4) is 0 Å². The second-order valence-electron chi connectivity index (χ2n) is 5.96. The maximum Gasteiger partial charge on any atom is 0.416 e. The molecular formula is C17H14F3NO2. The van der Waals surface area contributed by atoms with Gasteiger partial charge in [0.15, 0.2) is 0 Å². The normalized spacial score (nSPS) is 20.6. The van der Waals surface area contributed by atoms with Crippen molar-refractivity contribution in [2.45, 2.75) is 31.5 Å². The molecule has 1 fully saturated rings. The number of hydrogen-bond acceptors (Lipinski definition) is 2. The lowest BCUT2D eigenvalue weighted by Crippen LogP contribution is -2.33. The van der Waals surface area contributed by atoms with E-state index in [1.165, 1.54) is 12.1 Å². The molecule has 120 valence electrons. The molecule has 2 aromatic rings. The molecule has 2 aliphatic heterocycles. The third-order valence-corrected chi connectivity index (χ3v) is 4.61. The first-order chi connectivity index (χ1) is 10.9. The first-order valence-corrected chi connectivity index (χ1v) is 7.53. The summed E-state index contributed by atoms with van der Waals surface area (Å²) in [4.78, 5) is 13.7. The van der Waals surface area contributed by atoms with E-state index < -0.39 is 11.7 Å². The van der Waals surface area contributed by atoms with Gasteiger partial charge in [0, 0.05) is 30.5 Å². The molecule has 23 heavy (non-hydrogen) atoms. The zero-order chi connectivity index (χ0) is 16.2. The predicted molar refractivity (Wildman–Crippen MR) is 76.5 cm³/mol. The number of carbonyl (C=O) groups is 1. The van der Waals surface area contributed by atoms with Crippen molar-refractivity contribution >= 4 is 5.91 Å². The Morgan fingerprint density at radius 1 is 1.13 bits per heavy atom. The van der Waals surface area contributed by atoms with E-state index in [0.29, 0.717) is 30.7 Å². The van der Waals surface area contributed by atoms with Gasteiger partial charge >= 0.3 is 6.18 Å². The number of furan rings is 1. The van der Waals surface area contributed by atoms with Crippen LogP contribution < -0.4 is 0 Å². The van der Waals surface area contributed by atoms with Crippen molar-refractivity contribution in [3.63, 3.8) is 0 Å². The largest absolute Gasteiger partial charge is 0.461 e. The topological polar surface area (TPSA) is 33.5 Å². The average Bonchev–Trinajstić information content (AvgIpc) is 3.10. The van der Waals surface area contributed by atoms with Gasteiger partial charge in [-0.3, -0.25) is 4.79 Å². The zero-order valence-corrected chi connectivity index (χ0v) is 12.2. The maximum absolute atomic E-state index is 12.6. The van der Waals surface area contributed by atoms with Gasteiger partial charge in [0.1, 0.15) is 11.5 Å². The van der Waals surface area contributed by atoms with Crippen LogP contribution in [-0.2, 0) is 17.4 Å².